The van der Waals surface area contributed by atoms with Crippen molar-refractivity contribution < 1.29 is 9.18 Å². The lowest BCUT2D eigenvalue weighted by atomic mass is 9.98. The van der Waals surface area contributed by atoms with Crippen LogP contribution in [-0.4, -0.2) is 23.9 Å². The van der Waals surface area contributed by atoms with E-state index in [0.717, 1.165) is 25.9 Å². The number of carbonyl (C=O) groups excluding carboxylic acids is 1. The first-order chi connectivity index (χ1) is 8.09. The Morgan fingerprint density at radius 3 is 2.71 bits per heavy atom. The quantitative estimate of drug-likeness (QED) is 0.778. The van der Waals surface area contributed by atoms with Crippen LogP contribution in [0, 0.1) is 11.7 Å². The number of amides is 1. The van der Waals surface area contributed by atoms with Gasteiger partial charge in [-0.3, -0.25) is 4.79 Å². The van der Waals surface area contributed by atoms with Crippen LogP contribution in [-0.2, 0) is 0 Å². The first-order valence-corrected chi connectivity index (χ1v) is 6.62. The van der Waals surface area contributed by atoms with Crippen LogP contribution >= 0.6 is 15.9 Å². The van der Waals surface area contributed by atoms with E-state index in [1.165, 1.54) is 0 Å². The zero-order valence-electron chi connectivity index (χ0n) is 9.75. The van der Waals surface area contributed by atoms with Crippen LogP contribution in [0.5, 0.6) is 0 Å². The fourth-order valence-corrected chi connectivity index (χ4v) is 2.42. The molecule has 17 heavy (non-hydrogen) atoms. The van der Waals surface area contributed by atoms with Crippen LogP contribution in [0.2, 0.25) is 0 Å². The normalized spacial score (nSPS) is 17.2. The highest BCUT2D eigenvalue weighted by molar-refractivity contribution is 9.10. The molecule has 1 fully saturated rings. The van der Waals surface area contributed by atoms with E-state index < -0.39 is 5.82 Å². The molecule has 0 aliphatic carbocycles. The maximum absolute atomic E-state index is 13.8. The third-order valence-corrected chi connectivity index (χ3v) is 3.87. The molecule has 4 heteroatoms. The number of halogens is 2. The van der Waals surface area contributed by atoms with Gasteiger partial charge in [-0.1, -0.05) is 13.0 Å². The van der Waals surface area contributed by atoms with E-state index >= 15 is 0 Å². The molecule has 1 aliphatic rings. The van der Waals surface area contributed by atoms with Crippen molar-refractivity contribution in [2.75, 3.05) is 13.1 Å². The highest BCUT2D eigenvalue weighted by Gasteiger charge is 2.23. The van der Waals surface area contributed by atoms with E-state index in [2.05, 4.69) is 22.9 Å². The van der Waals surface area contributed by atoms with Crippen LogP contribution in [0.4, 0.5) is 4.39 Å². The molecule has 0 atom stereocenters. The molecule has 2 rings (SSSR count). The molecule has 1 aromatic carbocycles. The van der Waals surface area contributed by atoms with E-state index in [-0.39, 0.29) is 11.5 Å². The van der Waals surface area contributed by atoms with E-state index in [9.17, 15) is 9.18 Å². The lowest BCUT2D eigenvalue weighted by molar-refractivity contribution is 0.0692. The number of carbonyl (C=O) groups is 1. The van der Waals surface area contributed by atoms with E-state index in [4.69, 9.17) is 0 Å². The molecule has 1 saturated heterocycles. The second kappa shape index (κ2) is 5.17. The summed E-state index contributed by atoms with van der Waals surface area (Å²) in [7, 11) is 0. The summed E-state index contributed by atoms with van der Waals surface area (Å²) >= 11 is 3.10. The molecule has 0 aromatic heterocycles. The zero-order valence-corrected chi connectivity index (χ0v) is 11.3. The maximum Gasteiger partial charge on any atom is 0.256 e. The fourth-order valence-electron chi connectivity index (χ4n) is 2.05. The second-order valence-electron chi connectivity index (χ2n) is 4.58. The lowest BCUT2D eigenvalue weighted by Gasteiger charge is -2.30. The second-order valence-corrected chi connectivity index (χ2v) is 5.43. The summed E-state index contributed by atoms with van der Waals surface area (Å²) in [5.41, 5.74) is 0.161. The Balaban J connectivity index is 2.17. The van der Waals surface area contributed by atoms with Crippen molar-refractivity contribution in [1.82, 2.24) is 4.90 Å². The van der Waals surface area contributed by atoms with Crippen molar-refractivity contribution in [3.63, 3.8) is 0 Å². The Bertz CT molecular complexity index is 427. The van der Waals surface area contributed by atoms with Crippen molar-refractivity contribution in [3.05, 3.63) is 34.1 Å². The topological polar surface area (TPSA) is 20.3 Å². The van der Waals surface area contributed by atoms with E-state index in [1.54, 1.807) is 23.1 Å². The Labute approximate surface area is 109 Å². The van der Waals surface area contributed by atoms with Crippen molar-refractivity contribution in [2.24, 2.45) is 5.92 Å². The molecule has 0 bridgehead atoms. The number of likely N-dealkylation sites (tertiary alicyclic amines) is 1. The minimum atomic E-state index is -0.462. The predicted molar refractivity (Wildman–Crippen MR) is 68.4 cm³/mol. The number of hydrogen-bond acceptors (Lipinski definition) is 1. The summed E-state index contributed by atoms with van der Waals surface area (Å²) in [5.74, 6) is -0.00164. The number of benzene rings is 1. The summed E-state index contributed by atoms with van der Waals surface area (Å²) in [5, 5.41) is 0. The highest BCUT2D eigenvalue weighted by Crippen LogP contribution is 2.22. The number of piperidine rings is 1. The summed E-state index contributed by atoms with van der Waals surface area (Å²) < 4.78 is 14.1. The Hall–Kier alpha value is -0.900. The molecule has 1 heterocycles. The molecule has 0 spiro atoms. The van der Waals surface area contributed by atoms with Crippen molar-refractivity contribution in [3.8, 4) is 0 Å². The third-order valence-electron chi connectivity index (χ3n) is 3.25. The van der Waals surface area contributed by atoms with Gasteiger partial charge in [0, 0.05) is 13.1 Å². The molecule has 0 unspecified atom stereocenters. The number of hydrogen-bond donors (Lipinski definition) is 0. The standard InChI is InChI=1S/C13H15BrFNO/c1-9-5-7-16(8-6-9)13(17)10-3-2-4-11(14)12(10)15/h2-4,9H,5-8H2,1H3. The molecule has 0 saturated carbocycles. The fraction of sp³-hybridized carbons (Fsp3) is 0.462. The minimum Gasteiger partial charge on any atom is -0.339 e. The smallest absolute Gasteiger partial charge is 0.256 e. The first-order valence-electron chi connectivity index (χ1n) is 5.83. The molecular weight excluding hydrogens is 285 g/mol. The highest BCUT2D eigenvalue weighted by atomic mass is 79.9. The number of nitrogens with zero attached hydrogens (tertiary/aromatic N) is 1. The van der Waals surface area contributed by atoms with Crippen molar-refractivity contribution >= 4 is 21.8 Å². The third kappa shape index (κ3) is 2.68. The lowest BCUT2D eigenvalue weighted by Crippen LogP contribution is -2.38. The van der Waals surface area contributed by atoms with Crippen LogP contribution in [0.3, 0.4) is 0 Å². The molecule has 2 nitrogen and oxygen atoms in total. The minimum absolute atomic E-state index is 0.161. The zero-order chi connectivity index (χ0) is 12.4. The van der Waals surface area contributed by atoms with Crippen LogP contribution in [0.25, 0.3) is 0 Å². The van der Waals surface area contributed by atoms with Crippen LogP contribution in [0.1, 0.15) is 30.1 Å². The van der Waals surface area contributed by atoms with Gasteiger partial charge in [-0.15, -0.1) is 0 Å². The molecule has 0 radical (unpaired) electrons. The Kier molecular flexibility index (Phi) is 3.82. The summed E-state index contributed by atoms with van der Waals surface area (Å²) in [6.07, 6.45) is 2.00. The largest absolute Gasteiger partial charge is 0.339 e. The van der Waals surface area contributed by atoms with Gasteiger partial charge < -0.3 is 4.90 Å². The first kappa shape index (κ1) is 12.6. The molecule has 1 aliphatic heterocycles. The van der Waals surface area contributed by atoms with Gasteiger partial charge in [0.1, 0.15) is 5.82 Å². The summed E-state index contributed by atoms with van der Waals surface area (Å²) in [6.45, 7) is 3.64. The monoisotopic (exact) mass is 299 g/mol. The summed E-state index contributed by atoms with van der Waals surface area (Å²) in [6, 6.07) is 4.83. The van der Waals surface area contributed by atoms with Crippen LogP contribution < -0.4 is 0 Å². The summed E-state index contributed by atoms with van der Waals surface area (Å²) in [4.78, 5) is 13.9. The van der Waals surface area contributed by atoms with Gasteiger partial charge in [0.2, 0.25) is 0 Å². The van der Waals surface area contributed by atoms with Gasteiger partial charge in [0.25, 0.3) is 5.91 Å². The van der Waals surface area contributed by atoms with E-state index in [1.807, 2.05) is 0 Å². The van der Waals surface area contributed by atoms with Crippen molar-refractivity contribution in [2.45, 2.75) is 19.8 Å². The van der Waals surface area contributed by atoms with Gasteiger partial charge in [-0.05, 0) is 46.8 Å². The molecule has 0 N–H and O–H groups in total. The molecular formula is C13H15BrFNO. The van der Waals surface area contributed by atoms with Gasteiger partial charge >= 0.3 is 0 Å². The van der Waals surface area contributed by atoms with Crippen LogP contribution in [0.15, 0.2) is 22.7 Å². The predicted octanol–water partition coefficient (Wildman–Crippen LogP) is 3.46. The Morgan fingerprint density at radius 1 is 1.41 bits per heavy atom. The Morgan fingerprint density at radius 2 is 2.06 bits per heavy atom. The number of rotatable bonds is 1. The average Bonchev–Trinajstić information content (AvgIpc) is 2.33. The maximum atomic E-state index is 13.8. The van der Waals surface area contributed by atoms with Gasteiger partial charge in [-0.25, -0.2) is 4.39 Å². The van der Waals surface area contributed by atoms with Gasteiger partial charge in [-0.2, -0.15) is 0 Å². The average molecular weight is 300 g/mol. The molecule has 92 valence electrons. The molecule has 1 amide bonds. The van der Waals surface area contributed by atoms with Gasteiger partial charge in [0.05, 0.1) is 10.0 Å². The van der Waals surface area contributed by atoms with Gasteiger partial charge in [0.15, 0.2) is 0 Å². The molecule has 1 aromatic rings. The van der Waals surface area contributed by atoms with Crippen molar-refractivity contribution in [1.29, 1.82) is 0 Å². The SMILES string of the molecule is CC1CCN(C(=O)c2cccc(Br)c2F)CC1. The van der Waals surface area contributed by atoms with E-state index in [0.29, 0.717) is 10.4 Å².